The first kappa shape index (κ1) is 13.1. The Kier molecular flexibility index (Phi) is 4.59. The highest BCUT2D eigenvalue weighted by Gasteiger charge is 2.07. The first-order valence-corrected chi connectivity index (χ1v) is 5.17. The normalized spacial score (nSPS) is 12.1. The number of carbonyl (C=O) groups is 1. The molecule has 0 radical (unpaired) electrons. The molecule has 0 bridgehead atoms. The van der Waals surface area contributed by atoms with Crippen LogP contribution in [0.25, 0.3) is 0 Å². The Hall–Kier alpha value is -1.95. The van der Waals surface area contributed by atoms with E-state index >= 15 is 0 Å². The van der Waals surface area contributed by atoms with Crippen LogP contribution in [0.3, 0.4) is 0 Å². The van der Waals surface area contributed by atoms with Gasteiger partial charge >= 0.3 is 5.97 Å². The van der Waals surface area contributed by atoms with E-state index in [9.17, 15) is 14.9 Å². The van der Waals surface area contributed by atoms with Crippen LogP contribution in [0.15, 0.2) is 24.3 Å². The van der Waals surface area contributed by atoms with Crippen molar-refractivity contribution in [3.63, 3.8) is 0 Å². The summed E-state index contributed by atoms with van der Waals surface area (Å²) in [5.41, 5.74) is 0.931. The number of benzene rings is 1. The molecule has 0 aliphatic heterocycles. The van der Waals surface area contributed by atoms with Crippen LogP contribution in [0.5, 0.6) is 0 Å². The molecule has 0 aromatic heterocycles. The van der Waals surface area contributed by atoms with Crippen LogP contribution in [0.2, 0.25) is 0 Å². The van der Waals surface area contributed by atoms with Gasteiger partial charge in [-0.2, -0.15) is 0 Å². The summed E-state index contributed by atoms with van der Waals surface area (Å²) in [5, 5.41) is 22.0. The van der Waals surface area contributed by atoms with Crippen molar-refractivity contribution < 1.29 is 14.8 Å². The number of carboxylic acid groups (broad SMARTS) is 1. The first-order chi connectivity index (χ1) is 7.99. The van der Waals surface area contributed by atoms with Crippen LogP contribution in [-0.2, 0) is 11.3 Å². The number of non-ortho nitro benzene ring substituents is 1. The minimum atomic E-state index is -0.853. The second-order valence-electron chi connectivity index (χ2n) is 3.80. The molecular formula is C11H14N2O4. The number of nitro groups is 1. The second-order valence-corrected chi connectivity index (χ2v) is 3.80. The molecule has 0 aliphatic rings. The standard InChI is InChI=1S/C11H14N2O4/c1-8(6-11(14)15)12-7-9-2-4-10(5-3-9)13(16)17/h2-5,8,12H,6-7H2,1H3,(H,14,15)/t8-/m1/s1. The van der Waals surface area contributed by atoms with Gasteiger partial charge in [0.15, 0.2) is 0 Å². The smallest absolute Gasteiger partial charge is 0.304 e. The Morgan fingerprint density at radius 2 is 2.06 bits per heavy atom. The molecule has 1 aromatic carbocycles. The quantitative estimate of drug-likeness (QED) is 0.579. The molecular weight excluding hydrogens is 224 g/mol. The average molecular weight is 238 g/mol. The zero-order valence-corrected chi connectivity index (χ0v) is 9.42. The molecule has 17 heavy (non-hydrogen) atoms. The summed E-state index contributed by atoms with van der Waals surface area (Å²) in [6.07, 6.45) is 0.0486. The number of carboxylic acids is 1. The lowest BCUT2D eigenvalue weighted by molar-refractivity contribution is -0.384. The van der Waals surface area contributed by atoms with Crippen molar-refractivity contribution in [3.05, 3.63) is 39.9 Å². The maximum atomic E-state index is 10.4. The molecule has 0 aliphatic carbocycles. The van der Waals surface area contributed by atoms with Crippen molar-refractivity contribution in [3.8, 4) is 0 Å². The fourth-order valence-electron chi connectivity index (χ4n) is 1.36. The van der Waals surface area contributed by atoms with Gasteiger partial charge in [-0.25, -0.2) is 0 Å². The predicted octanol–water partition coefficient (Wildman–Crippen LogP) is 1.55. The summed E-state index contributed by atoms with van der Waals surface area (Å²) in [5.74, 6) is -0.853. The maximum Gasteiger partial charge on any atom is 0.304 e. The van der Waals surface area contributed by atoms with Crippen LogP contribution in [-0.4, -0.2) is 22.0 Å². The van der Waals surface area contributed by atoms with Crippen molar-refractivity contribution >= 4 is 11.7 Å². The topological polar surface area (TPSA) is 92.5 Å². The number of hydrogen-bond donors (Lipinski definition) is 2. The SMILES string of the molecule is C[C@H](CC(=O)O)NCc1ccc([N+](=O)[O-])cc1. The number of hydrogen-bond acceptors (Lipinski definition) is 4. The van der Waals surface area contributed by atoms with Crippen LogP contribution in [0.1, 0.15) is 18.9 Å². The largest absolute Gasteiger partial charge is 0.481 e. The van der Waals surface area contributed by atoms with E-state index in [1.54, 1.807) is 19.1 Å². The molecule has 1 atom stereocenters. The number of aliphatic carboxylic acids is 1. The Bertz CT molecular complexity index is 402. The minimum absolute atomic E-state index is 0.0485. The fourth-order valence-corrected chi connectivity index (χ4v) is 1.36. The van der Waals surface area contributed by atoms with Crippen LogP contribution in [0.4, 0.5) is 5.69 Å². The molecule has 0 saturated heterocycles. The molecule has 92 valence electrons. The number of nitrogens with zero attached hydrogens (tertiary/aromatic N) is 1. The summed E-state index contributed by atoms with van der Waals surface area (Å²) in [4.78, 5) is 20.4. The molecule has 0 heterocycles. The van der Waals surface area contributed by atoms with E-state index < -0.39 is 10.9 Å². The van der Waals surface area contributed by atoms with Gasteiger partial charge in [-0.05, 0) is 12.5 Å². The Balaban J connectivity index is 2.47. The van der Waals surface area contributed by atoms with Crippen molar-refractivity contribution in [2.45, 2.75) is 25.9 Å². The van der Waals surface area contributed by atoms with Gasteiger partial charge in [0, 0.05) is 24.7 Å². The van der Waals surface area contributed by atoms with Crippen molar-refractivity contribution in [1.82, 2.24) is 5.32 Å². The van der Waals surface area contributed by atoms with Crippen molar-refractivity contribution in [2.24, 2.45) is 0 Å². The van der Waals surface area contributed by atoms with Gasteiger partial charge in [0.05, 0.1) is 11.3 Å². The molecule has 6 heteroatoms. The summed E-state index contributed by atoms with van der Waals surface area (Å²) in [7, 11) is 0. The summed E-state index contributed by atoms with van der Waals surface area (Å²) in [6.45, 7) is 2.27. The summed E-state index contributed by atoms with van der Waals surface area (Å²) in [6, 6.07) is 6.03. The molecule has 2 N–H and O–H groups in total. The summed E-state index contributed by atoms with van der Waals surface area (Å²) >= 11 is 0. The first-order valence-electron chi connectivity index (χ1n) is 5.17. The molecule has 1 rings (SSSR count). The highest BCUT2D eigenvalue weighted by molar-refractivity contribution is 5.67. The third kappa shape index (κ3) is 4.60. The van der Waals surface area contributed by atoms with Gasteiger partial charge in [0.1, 0.15) is 0 Å². The third-order valence-electron chi connectivity index (χ3n) is 2.28. The van der Waals surface area contributed by atoms with Gasteiger partial charge in [-0.15, -0.1) is 0 Å². The van der Waals surface area contributed by atoms with E-state index in [-0.39, 0.29) is 18.2 Å². The van der Waals surface area contributed by atoms with E-state index in [2.05, 4.69) is 5.32 Å². The lowest BCUT2D eigenvalue weighted by Gasteiger charge is -2.11. The lowest BCUT2D eigenvalue weighted by atomic mass is 10.2. The summed E-state index contributed by atoms with van der Waals surface area (Å²) < 4.78 is 0. The predicted molar refractivity (Wildman–Crippen MR) is 61.7 cm³/mol. The van der Waals surface area contributed by atoms with Crippen molar-refractivity contribution in [1.29, 1.82) is 0 Å². The zero-order valence-electron chi connectivity index (χ0n) is 9.42. The number of nitrogens with one attached hydrogen (secondary N) is 1. The van der Waals surface area contributed by atoms with E-state index in [1.807, 2.05) is 0 Å². The van der Waals surface area contributed by atoms with Gasteiger partial charge in [0.25, 0.3) is 5.69 Å². The third-order valence-corrected chi connectivity index (χ3v) is 2.28. The minimum Gasteiger partial charge on any atom is -0.481 e. The van der Waals surface area contributed by atoms with Gasteiger partial charge in [-0.1, -0.05) is 12.1 Å². The van der Waals surface area contributed by atoms with E-state index in [0.29, 0.717) is 6.54 Å². The maximum absolute atomic E-state index is 10.4. The lowest BCUT2D eigenvalue weighted by Crippen LogP contribution is -2.27. The Morgan fingerprint density at radius 3 is 2.53 bits per heavy atom. The second kappa shape index (κ2) is 5.95. The van der Waals surface area contributed by atoms with Crippen LogP contribution >= 0.6 is 0 Å². The Labute approximate surface area is 98.4 Å². The highest BCUT2D eigenvalue weighted by atomic mass is 16.6. The van der Waals surface area contributed by atoms with E-state index in [1.165, 1.54) is 12.1 Å². The average Bonchev–Trinajstić information content (AvgIpc) is 2.26. The van der Waals surface area contributed by atoms with Crippen LogP contribution < -0.4 is 5.32 Å². The number of rotatable bonds is 6. The molecule has 0 saturated carbocycles. The fraction of sp³-hybridized carbons (Fsp3) is 0.364. The van der Waals surface area contributed by atoms with Gasteiger partial charge in [0.2, 0.25) is 0 Å². The molecule has 6 nitrogen and oxygen atoms in total. The molecule has 1 aromatic rings. The van der Waals surface area contributed by atoms with E-state index in [4.69, 9.17) is 5.11 Å². The molecule has 0 fully saturated rings. The van der Waals surface area contributed by atoms with Crippen LogP contribution in [0, 0.1) is 10.1 Å². The molecule has 0 amide bonds. The highest BCUT2D eigenvalue weighted by Crippen LogP contribution is 2.11. The van der Waals surface area contributed by atoms with Crippen molar-refractivity contribution in [2.75, 3.05) is 0 Å². The molecule has 0 unspecified atom stereocenters. The zero-order chi connectivity index (χ0) is 12.8. The molecule has 0 spiro atoms. The van der Waals surface area contributed by atoms with E-state index in [0.717, 1.165) is 5.56 Å². The monoisotopic (exact) mass is 238 g/mol. The van der Waals surface area contributed by atoms with Gasteiger partial charge < -0.3 is 10.4 Å². The Morgan fingerprint density at radius 1 is 1.47 bits per heavy atom. The number of nitro benzene ring substituents is 1. The van der Waals surface area contributed by atoms with Gasteiger partial charge in [-0.3, -0.25) is 14.9 Å².